The zero-order valence-corrected chi connectivity index (χ0v) is 5.36. The predicted molar refractivity (Wildman–Crippen MR) is 29.5 cm³/mol. The van der Waals surface area contributed by atoms with Gasteiger partial charge in [0.25, 0.3) is 6.33 Å². The minimum absolute atomic E-state index is 0.637. The van der Waals surface area contributed by atoms with Crippen LogP contribution in [0.25, 0.3) is 0 Å². The third kappa shape index (κ3) is 0.704. The first-order chi connectivity index (χ1) is 4.38. The molecule has 9 heavy (non-hydrogen) atoms. The average Bonchev–Trinajstić information content (AvgIpc) is 2.58. The molecule has 0 radical (unpaired) electrons. The number of rotatable bonds is 1. The van der Waals surface area contributed by atoms with Gasteiger partial charge in [-0.25, -0.2) is 0 Å². The van der Waals surface area contributed by atoms with Crippen molar-refractivity contribution in [3.8, 4) is 0 Å². The van der Waals surface area contributed by atoms with E-state index in [1.807, 2.05) is 16.5 Å². The molecule has 0 saturated heterocycles. The van der Waals surface area contributed by atoms with Crippen LogP contribution in [0, 0.1) is 0 Å². The molecule has 48 valence electrons. The van der Waals surface area contributed by atoms with E-state index in [2.05, 4.69) is 10.3 Å². The number of aryl methyl sites for hydroxylation is 1. The predicted octanol–water partition coefficient (Wildman–Crippen LogP) is -0.563. The lowest BCUT2D eigenvalue weighted by Crippen LogP contribution is -2.38. The standard InChI is InChI=1S/C5H9N4/c1-8-4-6-7-9(8)5-2-3-5/h4-5H,2-3H2,1H3/q+1. The molecule has 0 amide bonds. The summed E-state index contributed by atoms with van der Waals surface area (Å²) in [5.41, 5.74) is 0. The van der Waals surface area contributed by atoms with Crippen molar-refractivity contribution in [1.29, 1.82) is 0 Å². The van der Waals surface area contributed by atoms with Crippen molar-refractivity contribution >= 4 is 0 Å². The Morgan fingerprint density at radius 3 is 2.89 bits per heavy atom. The van der Waals surface area contributed by atoms with Crippen molar-refractivity contribution in [2.75, 3.05) is 0 Å². The molecule has 4 heteroatoms. The maximum absolute atomic E-state index is 3.91. The highest BCUT2D eigenvalue weighted by Gasteiger charge is 2.30. The quantitative estimate of drug-likeness (QED) is 0.471. The molecule has 0 atom stereocenters. The van der Waals surface area contributed by atoms with Gasteiger partial charge in [0.15, 0.2) is 5.21 Å². The summed E-state index contributed by atoms with van der Waals surface area (Å²) in [6, 6.07) is 0.637. The van der Waals surface area contributed by atoms with Crippen molar-refractivity contribution in [3.63, 3.8) is 0 Å². The van der Waals surface area contributed by atoms with Gasteiger partial charge >= 0.3 is 0 Å². The van der Waals surface area contributed by atoms with Gasteiger partial charge in [-0.1, -0.05) is 4.80 Å². The molecule has 1 aliphatic carbocycles. The smallest absolute Gasteiger partial charge is 0.165 e. The minimum Gasteiger partial charge on any atom is -0.165 e. The number of tetrazole rings is 1. The fraction of sp³-hybridized carbons (Fsp3) is 0.800. The molecule has 0 N–H and O–H groups in total. The monoisotopic (exact) mass is 125 g/mol. The van der Waals surface area contributed by atoms with E-state index in [9.17, 15) is 0 Å². The van der Waals surface area contributed by atoms with Crippen LogP contribution in [0.2, 0.25) is 0 Å². The molecule has 1 aliphatic rings. The highest BCUT2D eigenvalue weighted by molar-refractivity contribution is 4.72. The molecule has 1 aromatic heterocycles. The van der Waals surface area contributed by atoms with E-state index in [1.165, 1.54) is 12.8 Å². The molecule has 0 spiro atoms. The molecule has 1 aromatic rings. The summed E-state index contributed by atoms with van der Waals surface area (Å²) in [6.45, 7) is 0. The SMILES string of the molecule is C[n+]1cnnn1C1CC1. The maximum Gasteiger partial charge on any atom is 0.288 e. The molecule has 0 unspecified atom stereocenters. The van der Waals surface area contributed by atoms with E-state index in [0.717, 1.165) is 0 Å². The Morgan fingerprint density at radius 1 is 1.67 bits per heavy atom. The average molecular weight is 125 g/mol. The molecule has 2 rings (SSSR count). The van der Waals surface area contributed by atoms with Crippen molar-refractivity contribution in [2.45, 2.75) is 18.9 Å². The first-order valence-electron chi connectivity index (χ1n) is 3.14. The van der Waals surface area contributed by atoms with Gasteiger partial charge in [-0.2, -0.15) is 4.68 Å². The van der Waals surface area contributed by atoms with Gasteiger partial charge in [0.2, 0.25) is 0 Å². The largest absolute Gasteiger partial charge is 0.288 e. The van der Waals surface area contributed by atoms with Crippen LogP contribution < -0.4 is 4.68 Å². The van der Waals surface area contributed by atoms with Gasteiger partial charge in [-0.3, -0.25) is 0 Å². The van der Waals surface area contributed by atoms with E-state index >= 15 is 0 Å². The van der Waals surface area contributed by atoms with E-state index in [0.29, 0.717) is 6.04 Å². The molecule has 1 heterocycles. The van der Waals surface area contributed by atoms with Gasteiger partial charge in [0.05, 0.1) is 7.05 Å². The molecule has 4 nitrogen and oxygen atoms in total. The Labute approximate surface area is 53.1 Å². The highest BCUT2D eigenvalue weighted by Crippen LogP contribution is 2.31. The van der Waals surface area contributed by atoms with Gasteiger partial charge in [-0.15, -0.1) is 0 Å². The fourth-order valence-electron chi connectivity index (χ4n) is 0.903. The fourth-order valence-corrected chi connectivity index (χ4v) is 0.903. The van der Waals surface area contributed by atoms with Gasteiger partial charge < -0.3 is 0 Å². The normalized spacial score (nSPS) is 18.3. The Hall–Kier alpha value is -0.930. The molecular weight excluding hydrogens is 116 g/mol. The van der Waals surface area contributed by atoms with E-state index in [4.69, 9.17) is 0 Å². The van der Waals surface area contributed by atoms with Crippen LogP contribution in [-0.4, -0.2) is 15.1 Å². The van der Waals surface area contributed by atoms with Crippen molar-refractivity contribution in [2.24, 2.45) is 7.05 Å². The van der Waals surface area contributed by atoms with Gasteiger partial charge in [-0.05, 0) is 12.8 Å². The summed E-state index contributed by atoms with van der Waals surface area (Å²) in [6.07, 6.45) is 4.24. The molecular formula is C5H9N4+. The van der Waals surface area contributed by atoms with Crippen LogP contribution in [0.3, 0.4) is 0 Å². The van der Waals surface area contributed by atoms with Gasteiger partial charge in [0.1, 0.15) is 11.1 Å². The number of aromatic nitrogens is 4. The van der Waals surface area contributed by atoms with Crippen molar-refractivity contribution < 1.29 is 4.68 Å². The van der Waals surface area contributed by atoms with Crippen LogP contribution in [-0.2, 0) is 7.05 Å². The van der Waals surface area contributed by atoms with Crippen LogP contribution >= 0.6 is 0 Å². The van der Waals surface area contributed by atoms with Crippen LogP contribution in [0.15, 0.2) is 6.33 Å². The zero-order valence-electron chi connectivity index (χ0n) is 5.36. The second-order valence-electron chi connectivity index (χ2n) is 2.45. The minimum atomic E-state index is 0.637. The summed E-state index contributed by atoms with van der Waals surface area (Å²) in [7, 11) is 1.96. The topological polar surface area (TPSA) is 34.6 Å². The van der Waals surface area contributed by atoms with Crippen LogP contribution in [0.1, 0.15) is 18.9 Å². The third-order valence-electron chi connectivity index (χ3n) is 1.56. The van der Waals surface area contributed by atoms with E-state index in [-0.39, 0.29) is 0 Å². The summed E-state index contributed by atoms with van der Waals surface area (Å²) >= 11 is 0. The lowest BCUT2D eigenvalue weighted by atomic mass is 10.8. The summed E-state index contributed by atoms with van der Waals surface area (Å²) in [4.78, 5) is 1.92. The van der Waals surface area contributed by atoms with Crippen molar-refractivity contribution in [3.05, 3.63) is 6.33 Å². The second kappa shape index (κ2) is 1.52. The Balaban J connectivity index is 2.35. The molecule has 0 aromatic carbocycles. The Kier molecular flexibility index (Phi) is 0.831. The Bertz CT molecular complexity index is 212. The molecule has 1 fully saturated rings. The highest BCUT2D eigenvalue weighted by atomic mass is 15.6. The summed E-state index contributed by atoms with van der Waals surface area (Å²) in [5.74, 6) is 0. The first-order valence-corrected chi connectivity index (χ1v) is 3.14. The molecule has 0 aliphatic heterocycles. The number of nitrogens with zero attached hydrogens (tertiary/aromatic N) is 4. The van der Waals surface area contributed by atoms with E-state index < -0.39 is 0 Å². The summed E-state index contributed by atoms with van der Waals surface area (Å²) in [5, 5.41) is 7.67. The number of hydrogen-bond donors (Lipinski definition) is 0. The Morgan fingerprint density at radius 2 is 2.44 bits per heavy atom. The summed E-state index contributed by atoms with van der Waals surface area (Å²) < 4.78 is 1.91. The lowest BCUT2D eigenvalue weighted by molar-refractivity contribution is -0.759. The van der Waals surface area contributed by atoms with Gasteiger partial charge in [0, 0.05) is 0 Å². The molecule has 1 saturated carbocycles. The van der Waals surface area contributed by atoms with E-state index in [1.54, 1.807) is 6.33 Å². The first kappa shape index (κ1) is 4.90. The maximum atomic E-state index is 3.91. The third-order valence-corrected chi connectivity index (χ3v) is 1.56. The molecule has 0 bridgehead atoms. The number of hydrogen-bond acceptors (Lipinski definition) is 2. The van der Waals surface area contributed by atoms with Crippen molar-refractivity contribution in [1.82, 2.24) is 15.1 Å². The second-order valence-corrected chi connectivity index (χ2v) is 2.45. The van der Waals surface area contributed by atoms with Crippen LogP contribution in [0.4, 0.5) is 0 Å². The zero-order chi connectivity index (χ0) is 6.27. The van der Waals surface area contributed by atoms with Crippen LogP contribution in [0.5, 0.6) is 0 Å². The lowest BCUT2D eigenvalue weighted by Gasteiger charge is -1.89.